The molecular weight excluding hydrogens is 383 g/mol. The standard InChI is InChI=1S/C20H14ClFN4O2/c1-25-16-8-11(22)6-7-12(16)20(19(25)28)9-17(27)24-18-13(20)10-23-26(18)15-5-3-2-4-14(15)21/h2-8,10H,9H2,1H3,(H,24,27)/t20-/m1/s1. The first-order valence-corrected chi connectivity index (χ1v) is 9.03. The van der Waals surface area contributed by atoms with Crippen molar-refractivity contribution < 1.29 is 14.0 Å². The number of benzene rings is 2. The minimum Gasteiger partial charge on any atom is -0.314 e. The van der Waals surface area contributed by atoms with Gasteiger partial charge < -0.3 is 10.2 Å². The molecule has 2 amide bonds. The van der Waals surface area contributed by atoms with Crippen molar-refractivity contribution in [3.05, 3.63) is 70.6 Å². The van der Waals surface area contributed by atoms with Crippen LogP contribution in [0.2, 0.25) is 5.02 Å². The Balaban J connectivity index is 1.80. The fraction of sp³-hybridized carbons (Fsp3) is 0.150. The lowest BCUT2D eigenvalue weighted by Gasteiger charge is -2.32. The van der Waals surface area contributed by atoms with Gasteiger partial charge >= 0.3 is 0 Å². The van der Waals surface area contributed by atoms with Gasteiger partial charge in [0.05, 0.1) is 22.6 Å². The molecule has 5 rings (SSSR count). The second-order valence-corrected chi connectivity index (χ2v) is 7.33. The summed E-state index contributed by atoms with van der Waals surface area (Å²) in [5.74, 6) is -0.658. The van der Waals surface area contributed by atoms with Gasteiger partial charge in [-0.25, -0.2) is 9.07 Å². The zero-order valence-electron chi connectivity index (χ0n) is 14.7. The Morgan fingerprint density at radius 3 is 2.71 bits per heavy atom. The summed E-state index contributed by atoms with van der Waals surface area (Å²) >= 11 is 6.31. The van der Waals surface area contributed by atoms with Crippen LogP contribution in [0.5, 0.6) is 0 Å². The van der Waals surface area contributed by atoms with Gasteiger partial charge in [-0.3, -0.25) is 9.59 Å². The molecule has 3 aromatic rings. The second kappa shape index (κ2) is 5.65. The molecule has 0 bridgehead atoms. The highest BCUT2D eigenvalue weighted by Crippen LogP contribution is 2.52. The summed E-state index contributed by atoms with van der Waals surface area (Å²) in [6.45, 7) is 0. The number of nitrogens with zero attached hydrogens (tertiary/aromatic N) is 3. The first-order chi connectivity index (χ1) is 13.4. The summed E-state index contributed by atoms with van der Waals surface area (Å²) in [6, 6.07) is 11.3. The van der Waals surface area contributed by atoms with E-state index in [0.29, 0.717) is 33.3 Å². The molecule has 0 saturated heterocycles. The SMILES string of the molecule is CN1C(=O)[C@]2(CC(=O)Nc3c2cnn3-c2ccccc2Cl)c2ccc(F)cc21. The molecule has 0 fully saturated rings. The average Bonchev–Trinajstić information content (AvgIpc) is 3.17. The quantitative estimate of drug-likeness (QED) is 0.686. The van der Waals surface area contributed by atoms with E-state index in [1.54, 1.807) is 37.5 Å². The highest BCUT2D eigenvalue weighted by molar-refractivity contribution is 6.32. The highest BCUT2D eigenvalue weighted by Gasteiger charge is 2.56. The molecule has 0 radical (unpaired) electrons. The van der Waals surface area contributed by atoms with E-state index in [2.05, 4.69) is 10.4 Å². The van der Waals surface area contributed by atoms with E-state index in [1.807, 2.05) is 6.07 Å². The molecule has 2 aliphatic heterocycles. The number of para-hydroxylation sites is 1. The van der Waals surface area contributed by atoms with Gasteiger partial charge in [-0.05, 0) is 29.8 Å². The van der Waals surface area contributed by atoms with Crippen LogP contribution in [-0.4, -0.2) is 28.6 Å². The molecule has 6 nitrogen and oxygen atoms in total. The molecule has 140 valence electrons. The average molecular weight is 397 g/mol. The molecule has 2 aromatic carbocycles. The van der Waals surface area contributed by atoms with Crippen molar-refractivity contribution in [2.45, 2.75) is 11.8 Å². The molecule has 1 atom stereocenters. The van der Waals surface area contributed by atoms with Crippen LogP contribution in [0.25, 0.3) is 5.69 Å². The van der Waals surface area contributed by atoms with Gasteiger partial charge in [0.2, 0.25) is 11.8 Å². The fourth-order valence-corrected chi connectivity index (χ4v) is 4.40. The predicted octanol–water partition coefficient (Wildman–Crippen LogP) is 3.27. The third-order valence-corrected chi connectivity index (χ3v) is 5.76. The highest BCUT2D eigenvalue weighted by atomic mass is 35.5. The summed E-state index contributed by atoms with van der Waals surface area (Å²) in [4.78, 5) is 27.4. The Morgan fingerprint density at radius 2 is 1.93 bits per heavy atom. The molecule has 1 aromatic heterocycles. The Labute approximate surface area is 164 Å². The minimum atomic E-state index is -1.24. The molecule has 0 saturated carbocycles. The van der Waals surface area contributed by atoms with Crippen LogP contribution in [0, 0.1) is 5.82 Å². The molecule has 0 aliphatic carbocycles. The molecule has 1 spiro atoms. The third kappa shape index (κ3) is 2.05. The lowest BCUT2D eigenvalue weighted by atomic mass is 9.72. The lowest BCUT2D eigenvalue weighted by Crippen LogP contribution is -2.45. The summed E-state index contributed by atoms with van der Waals surface area (Å²) < 4.78 is 15.3. The van der Waals surface area contributed by atoms with Crippen LogP contribution in [0.15, 0.2) is 48.7 Å². The lowest BCUT2D eigenvalue weighted by molar-refractivity contribution is -0.126. The number of carbonyl (C=O) groups is 2. The number of fused-ring (bicyclic) bond motifs is 4. The van der Waals surface area contributed by atoms with E-state index >= 15 is 0 Å². The largest absolute Gasteiger partial charge is 0.314 e. The third-order valence-electron chi connectivity index (χ3n) is 5.44. The van der Waals surface area contributed by atoms with E-state index in [0.717, 1.165) is 0 Å². The van der Waals surface area contributed by atoms with Crippen molar-refractivity contribution in [2.24, 2.45) is 0 Å². The van der Waals surface area contributed by atoms with Gasteiger partial charge in [0.1, 0.15) is 17.1 Å². The number of aromatic nitrogens is 2. The number of anilines is 2. The van der Waals surface area contributed by atoms with Crippen LogP contribution in [-0.2, 0) is 15.0 Å². The van der Waals surface area contributed by atoms with Crippen molar-refractivity contribution in [2.75, 3.05) is 17.3 Å². The van der Waals surface area contributed by atoms with Gasteiger partial charge in [-0.1, -0.05) is 29.8 Å². The van der Waals surface area contributed by atoms with E-state index in [1.165, 1.54) is 21.7 Å². The van der Waals surface area contributed by atoms with E-state index in [9.17, 15) is 14.0 Å². The number of likely N-dealkylation sites (N-methyl/N-ethyl adjacent to an activating group) is 1. The number of hydrogen-bond acceptors (Lipinski definition) is 3. The first-order valence-electron chi connectivity index (χ1n) is 8.65. The normalized spacial score (nSPS) is 20.3. The molecule has 8 heteroatoms. The van der Waals surface area contributed by atoms with Crippen molar-refractivity contribution >= 4 is 34.9 Å². The van der Waals surface area contributed by atoms with E-state index < -0.39 is 11.2 Å². The summed E-state index contributed by atoms with van der Waals surface area (Å²) in [5, 5.41) is 7.68. The molecule has 2 aliphatic rings. The Hall–Kier alpha value is -3.19. The van der Waals surface area contributed by atoms with Crippen LogP contribution >= 0.6 is 11.6 Å². The number of halogens is 2. The van der Waals surface area contributed by atoms with Gasteiger partial charge in [0.15, 0.2) is 0 Å². The molecule has 1 N–H and O–H groups in total. The fourth-order valence-electron chi connectivity index (χ4n) is 4.18. The Morgan fingerprint density at radius 1 is 1.14 bits per heavy atom. The number of nitrogens with one attached hydrogen (secondary N) is 1. The maximum absolute atomic E-state index is 13.8. The second-order valence-electron chi connectivity index (χ2n) is 6.93. The predicted molar refractivity (Wildman–Crippen MR) is 102 cm³/mol. The Bertz CT molecular complexity index is 1170. The summed E-state index contributed by atoms with van der Waals surface area (Å²) in [5.41, 5.74) is 0.956. The first kappa shape index (κ1) is 16.9. The molecular formula is C20H14ClFN4O2. The van der Waals surface area contributed by atoms with Crippen molar-refractivity contribution in [1.29, 1.82) is 0 Å². The van der Waals surface area contributed by atoms with Gasteiger partial charge in [-0.15, -0.1) is 0 Å². The van der Waals surface area contributed by atoms with Gasteiger partial charge in [0, 0.05) is 19.0 Å². The topological polar surface area (TPSA) is 67.2 Å². The monoisotopic (exact) mass is 396 g/mol. The zero-order chi connectivity index (χ0) is 19.6. The number of amides is 2. The molecule has 28 heavy (non-hydrogen) atoms. The summed E-state index contributed by atoms with van der Waals surface area (Å²) in [7, 11) is 1.58. The van der Waals surface area contributed by atoms with Crippen molar-refractivity contribution in [3.63, 3.8) is 0 Å². The van der Waals surface area contributed by atoms with Gasteiger partial charge in [-0.2, -0.15) is 5.10 Å². The van der Waals surface area contributed by atoms with Crippen LogP contribution in [0.1, 0.15) is 17.5 Å². The smallest absolute Gasteiger partial charge is 0.242 e. The maximum atomic E-state index is 13.8. The maximum Gasteiger partial charge on any atom is 0.242 e. The van der Waals surface area contributed by atoms with E-state index in [4.69, 9.17) is 11.6 Å². The zero-order valence-corrected chi connectivity index (χ0v) is 15.5. The van der Waals surface area contributed by atoms with Crippen LogP contribution in [0.3, 0.4) is 0 Å². The minimum absolute atomic E-state index is 0.0734. The van der Waals surface area contributed by atoms with Crippen LogP contribution < -0.4 is 10.2 Å². The Kier molecular flexibility index (Phi) is 3.42. The molecule has 0 unspecified atom stereocenters. The van der Waals surface area contributed by atoms with E-state index in [-0.39, 0.29) is 18.2 Å². The van der Waals surface area contributed by atoms with Crippen molar-refractivity contribution in [3.8, 4) is 5.69 Å². The number of carbonyl (C=O) groups excluding carboxylic acids is 2. The number of hydrogen-bond donors (Lipinski definition) is 1. The number of rotatable bonds is 1. The molecule has 3 heterocycles. The summed E-state index contributed by atoms with van der Waals surface area (Å²) in [6.07, 6.45) is 1.50. The van der Waals surface area contributed by atoms with Crippen LogP contribution in [0.4, 0.5) is 15.9 Å². The van der Waals surface area contributed by atoms with Crippen molar-refractivity contribution in [1.82, 2.24) is 9.78 Å². The van der Waals surface area contributed by atoms with Gasteiger partial charge in [0.25, 0.3) is 0 Å².